The first-order chi connectivity index (χ1) is 8.63. The molecule has 0 unspecified atom stereocenters. The number of methoxy groups -OCH3 is 1. The second-order valence-corrected chi connectivity index (χ2v) is 4.42. The van der Waals surface area contributed by atoms with E-state index < -0.39 is 5.97 Å². The highest BCUT2D eigenvalue weighted by Crippen LogP contribution is 2.04. The van der Waals surface area contributed by atoms with Crippen molar-refractivity contribution in [1.82, 2.24) is 10.5 Å². The van der Waals surface area contributed by atoms with Crippen molar-refractivity contribution in [3.05, 3.63) is 17.5 Å². The molecule has 0 spiro atoms. The maximum Gasteiger partial charge on any atom is 0.313 e. The lowest BCUT2D eigenvalue weighted by Crippen LogP contribution is -2.26. The zero-order valence-corrected chi connectivity index (χ0v) is 10.7. The number of aromatic nitrogens is 1. The predicted molar refractivity (Wildman–Crippen MR) is 64.5 cm³/mol. The van der Waals surface area contributed by atoms with E-state index in [1.54, 1.807) is 0 Å². The van der Waals surface area contributed by atoms with Crippen LogP contribution in [-0.4, -0.2) is 47.3 Å². The molecule has 1 heterocycles. The van der Waals surface area contributed by atoms with Crippen LogP contribution in [0.4, 0.5) is 0 Å². The zero-order chi connectivity index (χ0) is 13.4. The van der Waals surface area contributed by atoms with E-state index in [0.29, 0.717) is 18.1 Å². The molecule has 1 aromatic heterocycles. The Labute approximate surface area is 108 Å². The highest BCUT2D eigenvalue weighted by Gasteiger charge is 2.11. The molecule has 0 atom stereocenters. The molecule has 0 aromatic carbocycles. The third-order valence-electron chi connectivity index (χ3n) is 1.84. The van der Waals surface area contributed by atoms with E-state index in [1.165, 1.54) is 24.9 Å². The van der Waals surface area contributed by atoms with Crippen molar-refractivity contribution in [3.8, 4) is 0 Å². The maximum absolute atomic E-state index is 11.6. The minimum absolute atomic E-state index is 0.0256. The van der Waals surface area contributed by atoms with Gasteiger partial charge in [-0.1, -0.05) is 5.16 Å². The van der Waals surface area contributed by atoms with Gasteiger partial charge in [0.15, 0.2) is 11.5 Å². The quantitative estimate of drug-likeness (QED) is 0.660. The molecule has 0 bridgehead atoms. The van der Waals surface area contributed by atoms with Gasteiger partial charge in [-0.15, -0.1) is 11.8 Å². The number of rotatable bonds is 8. The molecule has 0 aliphatic heterocycles. The average Bonchev–Trinajstić information content (AvgIpc) is 2.77. The smallest absolute Gasteiger partial charge is 0.313 e. The number of thioether (sulfide) groups is 1. The van der Waals surface area contributed by atoms with Crippen molar-refractivity contribution in [2.75, 3.05) is 25.2 Å². The molecule has 0 aliphatic rings. The van der Waals surface area contributed by atoms with Gasteiger partial charge in [0.1, 0.15) is 6.61 Å². The Morgan fingerprint density at radius 1 is 1.61 bits per heavy atom. The summed E-state index contributed by atoms with van der Waals surface area (Å²) in [7, 11) is 1.52. The summed E-state index contributed by atoms with van der Waals surface area (Å²) in [5.74, 6) is -0.189. The number of nitrogens with zero attached hydrogens (tertiary/aromatic N) is 1. The van der Waals surface area contributed by atoms with Crippen molar-refractivity contribution in [1.29, 1.82) is 0 Å². The number of ether oxygens (including phenoxy) is 1. The van der Waals surface area contributed by atoms with Crippen LogP contribution in [0.25, 0.3) is 0 Å². The number of aliphatic carboxylic acids is 1. The summed E-state index contributed by atoms with van der Waals surface area (Å²) >= 11 is 1.23. The Hall–Kier alpha value is -1.54. The van der Waals surface area contributed by atoms with Gasteiger partial charge < -0.3 is 19.7 Å². The molecule has 8 heteroatoms. The van der Waals surface area contributed by atoms with Crippen molar-refractivity contribution in [2.45, 2.75) is 6.61 Å². The number of hydrogen-bond donors (Lipinski definition) is 2. The SMILES string of the molecule is COCc1cc(C(=O)NCCSCC(=O)O)no1. The third kappa shape index (κ3) is 5.19. The van der Waals surface area contributed by atoms with E-state index in [9.17, 15) is 9.59 Å². The molecule has 18 heavy (non-hydrogen) atoms. The van der Waals surface area contributed by atoms with Gasteiger partial charge in [0, 0.05) is 25.5 Å². The van der Waals surface area contributed by atoms with Gasteiger partial charge in [0.2, 0.25) is 0 Å². The molecule has 0 aliphatic carbocycles. The van der Waals surface area contributed by atoms with E-state index >= 15 is 0 Å². The summed E-state index contributed by atoms with van der Waals surface area (Å²) < 4.78 is 9.70. The predicted octanol–water partition coefficient (Wildman–Crippen LogP) is 0.369. The number of carbonyl (C=O) groups excluding carboxylic acids is 1. The Bertz CT molecular complexity index is 407. The topological polar surface area (TPSA) is 102 Å². The lowest BCUT2D eigenvalue weighted by Gasteiger charge is -2.01. The molecule has 2 N–H and O–H groups in total. The second kappa shape index (κ2) is 7.72. The number of nitrogens with one attached hydrogen (secondary N) is 1. The van der Waals surface area contributed by atoms with E-state index in [2.05, 4.69) is 10.5 Å². The first kappa shape index (κ1) is 14.5. The van der Waals surface area contributed by atoms with Crippen LogP contribution in [-0.2, 0) is 16.1 Å². The van der Waals surface area contributed by atoms with Crippen LogP contribution in [0.5, 0.6) is 0 Å². The molecule has 0 radical (unpaired) electrons. The monoisotopic (exact) mass is 274 g/mol. The Balaban J connectivity index is 2.25. The molecule has 1 aromatic rings. The summed E-state index contributed by atoms with van der Waals surface area (Å²) in [6.07, 6.45) is 0. The minimum atomic E-state index is -0.868. The fourth-order valence-electron chi connectivity index (χ4n) is 1.12. The second-order valence-electron chi connectivity index (χ2n) is 3.31. The molecule has 7 nitrogen and oxygen atoms in total. The van der Waals surface area contributed by atoms with Gasteiger partial charge in [-0.3, -0.25) is 9.59 Å². The van der Waals surface area contributed by atoms with Crippen molar-refractivity contribution in [3.63, 3.8) is 0 Å². The van der Waals surface area contributed by atoms with Crippen LogP contribution in [0.15, 0.2) is 10.6 Å². The summed E-state index contributed by atoms with van der Waals surface area (Å²) in [5.41, 5.74) is 0.185. The van der Waals surface area contributed by atoms with Crippen molar-refractivity contribution >= 4 is 23.6 Å². The molecule has 0 saturated carbocycles. The zero-order valence-electron chi connectivity index (χ0n) is 9.84. The Morgan fingerprint density at radius 3 is 3.06 bits per heavy atom. The van der Waals surface area contributed by atoms with Crippen molar-refractivity contribution < 1.29 is 24.0 Å². The summed E-state index contributed by atoms with van der Waals surface area (Å²) in [6, 6.07) is 1.50. The fourth-order valence-corrected chi connectivity index (χ4v) is 1.68. The minimum Gasteiger partial charge on any atom is -0.481 e. The number of carbonyl (C=O) groups is 2. The third-order valence-corrected chi connectivity index (χ3v) is 2.78. The Morgan fingerprint density at radius 2 is 2.39 bits per heavy atom. The summed E-state index contributed by atoms with van der Waals surface area (Å²) in [4.78, 5) is 21.8. The highest BCUT2D eigenvalue weighted by molar-refractivity contribution is 7.99. The summed E-state index contributed by atoms with van der Waals surface area (Å²) in [6.45, 7) is 0.637. The van der Waals surface area contributed by atoms with Crippen LogP contribution in [0, 0.1) is 0 Å². The Kier molecular flexibility index (Phi) is 6.23. The first-order valence-corrected chi connectivity index (χ1v) is 6.31. The maximum atomic E-state index is 11.6. The van der Waals surface area contributed by atoms with Gasteiger partial charge in [-0.05, 0) is 0 Å². The lowest BCUT2D eigenvalue weighted by molar-refractivity contribution is -0.133. The van der Waals surface area contributed by atoms with Gasteiger partial charge in [0.25, 0.3) is 5.91 Å². The largest absolute Gasteiger partial charge is 0.481 e. The summed E-state index contributed by atoms with van der Waals surface area (Å²) in [5, 5.41) is 14.6. The number of carboxylic acid groups (broad SMARTS) is 1. The highest BCUT2D eigenvalue weighted by atomic mass is 32.2. The first-order valence-electron chi connectivity index (χ1n) is 5.15. The van der Waals surface area contributed by atoms with E-state index in [0.717, 1.165) is 0 Å². The normalized spacial score (nSPS) is 10.3. The van der Waals surface area contributed by atoms with Gasteiger partial charge in [-0.2, -0.15) is 0 Å². The van der Waals surface area contributed by atoms with Gasteiger partial charge >= 0.3 is 5.97 Å². The number of hydrogen-bond acceptors (Lipinski definition) is 6. The molecule has 1 amide bonds. The molecular weight excluding hydrogens is 260 g/mol. The van der Waals surface area contributed by atoms with Crippen LogP contribution in [0.2, 0.25) is 0 Å². The lowest BCUT2D eigenvalue weighted by atomic mass is 10.3. The fraction of sp³-hybridized carbons (Fsp3) is 0.500. The molecular formula is C10H14N2O5S. The molecule has 1 rings (SSSR count). The van der Waals surface area contributed by atoms with Crippen LogP contribution >= 0.6 is 11.8 Å². The standard InChI is InChI=1S/C10H14N2O5S/c1-16-5-7-4-8(12-17-7)10(15)11-2-3-18-6-9(13)14/h4H,2-3,5-6H2,1H3,(H,11,15)(H,13,14). The van der Waals surface area contributed by atoms with Gasteiger partial charge in [-0.25, -0.2) is 0 Å². The number of amides is 1. The van der Waals surface area contributed by atoms with Crippen molar-refractivity contribution in [2.24, 2.45) is 0 Å². The van der Waals surface area contributed by atoms with Crippen LogP contribution < -0.4 is 5.32 Å². The van der Waals surface area contributed by atoms with Crippen LogP contribution in [0.3, 0.4) is 0 Å². The van der Waals surface area contributed by atoms with E-state index in [4.69, 9.17) is 14.4 Å². The van der Waals surface area contributed by atoms with Gasteiger partial charge in [0.05, 0.1) is 5.75 Å². The molecule has 100 valence electrons. The molecule has 0 fully saturated rings. The molecule has 0 saturated heterocycles. The average molecular weight is 274 g/mol. The number of carboxylic acids is 1. The van der Waals surface area contributed by atoms with Crippen LogP contribution in [0.1, 0.15) is 16.2 Å². The van der Waals surface area contributed by atoms with E-state index in [1.807, 2.05) is 0 Å². The van der Waals surface area contributed by atoms with E-state index in [-0.39, 0.29) is 24.0 Å².